The Bertz CT molecular complexity index is 1420. The van der Waals surface area contributed by atoms with Crippen molar-refractivity contribution < 1.29 is 19.2 Å². The fourth-order valence-corrected chi connectivity index (χ4v) is 3.63. The molecule has 0 atom stereocenters. The molecule has 1 amide bonds. The highest BCUT2D eigenvalue weighted by Crippen LogP contribution is 2.23. The van der Waals surface area contributed by atoms with Crippen LogP contribution >= 0.6 is 0 Å². The van der Waals surface area contributed by atoms with Gasteiger partial charge in [-0.05, 0) is 49.1 Å². The maximum Gasteiger partial charge on any atom is 0.344 e. The van der Waals surface area contributed by atoms with Gasteiger partial charge in [0.1, 0.15) is 5.56 Å². The van der Waals surface area contributed by atoms with Crippen molar-refractivity contribution in [1.29, 1.82) is 0 Å². The standard InChI is InChI=1S/C25H27N5O6/c1-14(26-27-22(31)16-7-12-19(24(33)36-6)20(13-16)30(34)35)21-15(2)28-29(23(21)32)18-10-8-17(9-11-18)25(3,4)5/h7-13,28H,1-6H3,(H,27,31). The number of nitrogens with one attached hydrogen (secondary N) is 2. The molecule has 11 heteroatoms. The number of aromatic amines is 1. The Kier molecular flexibility index (Phi) is 7.23. The molecule has 2 N–H and O–H groups in total. The lowest BCUT2D eigenvalue weighted by atomic mass is 9.87. The molecule has 3 rings (SSSR count). The number of rotatable bonds is 6. The summed E-state index contributed by atoms with van der Waals surface area (Å²) in [5.41, 5.74) is 3.84. The normalized spacial score (nSPS) is 11.8. The van der Waals surface area contributed by atoms with Crippen LogP contribution in [0, 0.1) is 17.0 Å². The zero-order valence-corrected chi connectivity index (χ0v) is 20.8. The summed E-state index contributed by atoms with van der Waals surface area (Å²) < 4.78 is 5.93. The Morgan fingerprint density at radius 1 is 1.14 bits per heavy atom. The van der Waals surface area contributed by atoms with Crippen LogP contribution < -0.4 is 11.0 Å². The van der Waals surface area contributed by atoms with Crippen LogP contribution in [-0.2, 0) is 10.2 Å². The molecule has 0 spiro atoms. The molecule has 36 heavy (non-hydrogen) atoms. The highest BCUT2D eigenvalue weighted by atomic mass is 16.6. The summed E-state index contributed by atoms with van der Waals surface area (Å²) in [4.78, 5) is 47.9. The topological polar surface area (TPSA) is 149 Å². The molecule has 0 unspecified atom stereocenters. The molecular formula is C25H27N5O6. The van der Waals surface area contributed by atoms with E-state index in [1.165, 1.54) is 10.7 Å². The van der Waals surface area contributed by atoms with Gasteiger partial charge in [0, 0.05) is 17.3 Å². The van der Waals surface area contributed by atoms with E-state index in [2.05, 4.69) is 41.1 Å². The van der Waals surface area contributed by atoms with E-state index in [0.29, 0.717) is 11.4 Å². The number of aromatic nitrogens is 2. The van der Waals surface area contributed by atoms with Gasteiger partial charge in [-0.3, -0.25) is 24.8 Å². The molecule has 11 nitrogen and oxygen atoms in total. The molecule has 2 aromatic carbocycles. The number of nitrogens with zero attached hydrogens (tertiary/aromatic N) is 3. The van der Waals surface area contributed by atoms with Crippen molar-refractivity contribution >= 4 is 23.3 Å². The number of H-pyrrole nitrogens is 1. The molecule has 1 aromatic heterocycles. The van der Waals surface area contributed by atoms with E-state index in [1.807, 2.05) is 24.3 Å². The molecule has 0 saturated carbocycles. The number of carbonyl (C=O) groups excluding carboxylic acids is 2. The van der Waals surface area contributed by atoms with Crippen LogP contribution in [-0.4, -0.2) is 39.4 Å². The van der Waals surface area contributed by atoms with Crippen LogP contribution in [0.3, 0.4) is 0 Å². The van der Waals surface area contributed by atoms with Crippen molar-refractivity contribution in [2.75, 3.05) is 7.11 Å². The van der Waals surface area contributed by atoms with Crippen molar-refractivity contribution in [3.8, 4) is 5.69 Å². The molecule has 3 aromatic rings. The summed E-state index contributed by atoms with van der Waals surface area (Å²) in [6, 6.07) is 11.0. The number of hydrazone groups is 1. The van der Waals surface area contributed by atoms with Crippen molar-refractivity contribution in [3.05, 3.63) is 90.9 Å². The van der Waals surface area contributed by atoms with Gasteiger partial charge in [0.2, 0.25) is 0 Å². The van der Waals surface area contributed by atoms with Gasteiger partial charge in [0.25, 0.3) is 17.2 Å². The number of nitro benzene ring substituents is 1. The quantitative estimate of drug-likeness (QED) is 0.232. The first-order chi connectivity index (χ1) is 16.8. The van der Waals surface area contributed by atoms with Crippen molar-refractivity contribution in [1.82, 2.24) is 15.2 Å². The van der Waals surface area contributed by atoms with Crippen molar-refractivity contribution in [3.63, 3.8) is 0 Å². The average molecular weight is 494 g/mol. The number of hydrogen-bond acceptors (Lipinski definition) is 7. The molecule has 1 heterocycles. The summed E-state index contributed by atoms with van der Waals surface area (Å²) in [7, 11) is 1.10. The largest absolute Gasteiger partial charge is 0.465 e. The predicted molar refractivity (Wildman–Crippen MR) is 134 cm³/mol. The molecule has 0 aliphatic carbocycles. The van der Waals surface area contributed by atoms with Crippen LogP contribution in [0.15, 0.2) is 52.4 Å². The van der Waals surface area contributed by atoms with Gasteiger partial charge in [-0.15, -0.1) is 0 Å². The third kappa shape index (κ3) is 5.24. The van der Waals surface area contributed by atoms with Gasteiger partial charge in [0.15, 0.2) is 0 Å². The zero-order chi connectivity index (χ0) is 26.8. The fraction of sp³-hybridized carbons (Fsp3) is 0.280. The second-order valence-corrected chi connectivity index (χ2v) is 9.17. The minimum atomic E-state index is -0.894. The van der Waals surface area contributed by atoms with Crippen molar-refractivity contribution in [2.24, 2.45) is 5.10 Å². The SMILES string of the molecule is COC(=O)c1ccc(C(=O)NN=C(C)c2c(C)[nH]n(-c3ccc(C(C)(C)C)cc3)c2=O)cc1[N+](=O)[O-]. The number of methoxy groups -OCH3 is 1. The zero-order valence-electron chi connectivity index (χ0n) is 20.8. The molecular weight excluding hydrogens is 466 g/mol. The lowest BCUT2D eigenvalue weighted by Crippen LogP contribution is -2.23. The molecule has 0 aliphatic heterocycles. The van der Waals surface area contributed by atoms with Crippen LogP contribution in [0.2, 0.25) is 0 Å². The van der Waals surface area contributed by atoms with Crippen LogP contribution in [0.25, 0.3) is 5.69 Å². The summed E-state index contributed by atoms with van der Waals surface area (Å²) in [6.07, 6.45) is 0. The summed E-state index contributed by atoms with van der Waals surface area (Å²) in [5.74, 6) is -1.64. The Balaban J connectivity index is 1.87. The Morgan fingerprint density at radius 3 is 2.33 bits per heavy atom. The number of aryl methyl sites for hydroxylation is 1. The first kappa shape index (κ1) is 26.1. The van der Waals surface area contributed by atoms with E-state index in [0.717, 1.165) is 24.8 Å². The lowest BCUT2D eigenvalue weighted by Gasteiger charge is -2.19. The Hall–Kier alpha value is -4.54. The monoisotopic (exact) mass is 493 g/mol. The Morgan fingerprint density at radius 2 is 1.78 bits per heavy atom. The highest BCUT2D eigenvalue weighted by molar-refractivity contribution is 6.02. The van der Waals surface area contributed by atoms with Crippen LogP contribution in [0.1, 0.15) is 65.2 Å². The molecule has 0 bridgehead atoms. The predicted octanol–water partition coefficient (Wildman–Crippen LogP) is 3.62. The second kappa shape index (κ2) is 9.98. The molecule has 0 aliphatic rings. The first-order valence-corrected chi connectivity index (χ1v) is 11.0. The van der Waals surface area contributed by atoms with E-state index in [4.69, 9.17) is 0 Å². The van der Waals surface area contributed by atoms with E-state index >= 15 is 0 Å². The van der Waals surface area contributed by atoms with Gasteiger partial charge in [-0.2, -0.15) is 5.10 Å². The third-order valence-electron chi connectivity index (χ3n) is 5.61. The number of benzene rings is 2. The van der Waals surface area contributed by atoms with Gasteiger partial charge in [-0.1, -0.05) is 32.9 Å². The van der Waals surface area contributed by atoms with Gasteiger partial charge >= 0.3 is 5.97 Å². The molecule has 0 fully saturated rings. The van der Waals surface area contributed by atoms with E-state index in [-0.39, 0.29) is 33.4 Å². The van der Waals surface area contributed by atoms with Crippen LogP contribution in [0.5, 0.6) is 0 Å². The molecule has 188 valence electrons. The third-order valence-corrected chi connectivity index (χ3v) is 5.61. The number of carbonyl (C=O) groups is 2. The Labute approximate surface area is 206 Å². The van der Waals surface area contributed by atoms with Crippen molar-refractivity contribution in [2.45, 2.75) is 40.0 Å². The number of esters is 1. The number of ether oxygens (including phenoxy) is 1. The lowest BCUT2D eigenvalue weighted by molar-refractivity contribution is -0.385. The van der Waals surface area contributed by atoms with Gasteiger partial charge in [0.05, 0.1) is 29.0 Å². The minimum Gasteiger partial charge on any atom is -0.465 e. The van der Waals surface area contributed by atoms with Gasteiger partial charge < -0.3 is 4.74 Å². The summed E-state index contributed by atoms with van der Waals surface area (Å²) >= 11 is 0. The smallest absolute Gasteiger partial charge is 0.344 e. The average Bonchev–Trinajstić information content (AvgIpc) is 3.14. The molecule has 0 saturated heterocycles. The second-order valence-electron chi connectivity index (χ2n) is 9.17. The van der Waals surface area contributed by atoms with E-state index in [1.54, 1.807) is 13.8 Å². The highest BCUT2D eigenvalue weighted by Gasteiger charge is 2.23. The van der Waals surface area contributed by atoms with E-state index in [9.17, 15) is 24.5 Å². The first-order valence-electron chi connectivity index (χ1n) is 11.0. The van der Waals surface area contributed by atoms with Crippen LogP contribution in [0.4, 0.5) is 5.69 Å². The minimum absolute atomic E-state index is 0.0260. The van der Waals surface area contributed by atoms with E-state index < -0.39 is 22.5 Å². The number of amides is 1. The summed E-state index contributed by atoms with van der Waals surface area (Å²) in [6.45, 7) is 9.58. The fourth-order valence-electron chi connectivity index (χ4n) is 3.63. The maximum atomic E-state index is 13.1. The maximum absolute atomic E-state index is 13.1. The molecule has 0 radical (unpaired) electrons. The number of hydrogen-bond donors (Lipinski definition) is 2. The summed E-state index contributed by atoms with van der Waals surface area (Å²) in [5, 5.41) is 18.4. The van der Waals surface area contributed by atoms with Gasteiger partial charge in [-0.25, -0.2) is 14.9 Å². The number of nitro groups is 1.